The van der Waals surface area contributed by atoms with Gasteiger partial charge in [-0.25, -0.2) is 4.99 Å². The van der Waals surface area contributed by atoms with E-state index in [0.29, 0.717) is 32.1 Å². The number of amidine groups is 1. The Labute approximate surface area is 261 Å². The monoisotopic (exact) mass is 621 g/mol. The topological polar surface area (TPSA) is 181 Å². The van der Waals surface area contributed by atoms with Crippen LogP contribution in [0, 0.1) is 46.3 Å². The van der Waals surface area contributed by atoms with E-state index < -0.39 is 36.3 Å². The van der Waals surface area contributed by atoms with Crippen molar-refractivity contribution in [3.05, 3.63) is 0 Å². The molecule has 11 atom stereocenters. The van der Waals surface area contributed by atoms with Gasteiger partial charge in [0.15, 0.2) is 0 Å². The van der Waals surface area contributed by atoms with Gasteiger partial charge in [0, 0.05) is 6.42 Å². The molecule has 1 amide bonds. The fraction of sp³-hybridized carbons (Fsp3) is 0.879. The van der Waals surface area contributed by atoms with Gasteiger partial charge >= 0.3 is 11.9 Å². The van der Waals surface area contributed by atoms with Gasteiger partial charge in [-0.05, 0) is 118 Å². The Balaban J connectivity index is 1.38. The molecule has 250 valence electrons. The van der Waals surface area contributed by atoms with Crippen molar-refractivity contribution < 1.29 is 39.2 Å². The predicted molar refractivity (Wildman–Crippen MR) is 164 cm³/mol. The zero-order valence-corrected chi connectivity index (χ0v) is 27.4. The van der Waals surface area contributed by atoms with E-state index in [4.69, 9.17) is 20.3 Å². The fourth-order valence-electron chi connectivity index (χ4n) is 9.77. The lowest BCUT2D eigenvalue weighted by Gasteiger charge is -2.63. The molecule has 0 saturated heterocycles. The zero-order chi connectivity index (χ0) is 32.6. The number of ether oxygens (including phenoxy) is 2. The van der Waals surface area contributed by atoms with Crippen molar-refractivity contribution in [2.45, 2.75) is 123 Å². The summed E-state index contributed by atoms with van der Waals surface area (Å²) in [7, 11) is 0. The largest absolute Gasteiger partial charge is 0.480 e. The van der Waals surface area contributed by atoms with E-state index >= 15 is 0 Å². The summed E-state index contributed by atoms with van der Waals surface area (Å²) in [5.74, 6) is -0.562. The lowest BCUT2D eigenvalue weighted by molar-refractivity contribution is -0.206. The highest BCUT2D eigenvalue weighted by Crippen LogP contribution is 2.68. The van der Waals surface area contributed by atoms with E-state index in [2.05, 4.69) is 31.1 Å². The van der Waals surface area contributed by atoms with Crippen LogP contribution in [0.4, 0.5) is 0 Å². The van der Waals surface area contributed by atoms with Gasteiger partial charge in [0.1, 0.15) is 24.8 Å². The molecule has 11 heteroatoms. The SMILES string of the molecule is C[C@H](CCC(=O)NCC(=O)OC(C)(C)C)C1CCC2C3C(C[C@H](O)[C@@]21C)[C@@]1(C)CC[C@@H](OC(N)=NCC(=O)O)CC1C[C@H]3O. The molecule has 4 rings (SSSR count). The van der Waals surface area contributed by atoms with Gasteiger partial charge in [-0.1, -0.05) is 20.8 Å². The van der Waals surface area contributed by atoms with Crippen molar-refractivity contribution in [3.63, 3.8) is 0 Å². The third-order valence-corrected chi connectivity index (χ3v) is 11.8. The Bertz CT molecular complexity index is 1110. The molecule has 5 unspecified atom stereocenters. The number of aliphatic hydroxyl groups excluding tert-OH is 2. The summed E-state index contributed by atoms with van der Waals surface area (Å²) in [6.07, 6.45) is 5.42. The normalized spacial score (nSPS) is 39.3. The molecular weight excluding hydrogens is 566 g/mol. The van der Waals surface area contributed by atoms with E-state index in [0.717, 1.165) is 25.7 Å². The number of carbonyl (C=O) groups is 3. The molecule has 4 fully saturated rings. The molecule has 4 aliphatic rings. The van der Waals surface area contributed by atoms with Gasteiger partial charge < -0.3 is 35.8 Å². The molecule has 0 aromatic heterocycles. The zero-order valence-electron chi connectivity index (χ0n) is 27.4. The molecule has 0 aromatic carbocycles. The van der Waals surface area contributed by atoms with Crippen LogP contribution in [0.2, 0.25) is 0 Å². The van der Waals surface area contributed by atoms with Gasteiger partial charge in [0.05, 0.1) is 12.2 Å². The summed E-state index contributed by atoms with van der Waals surface area (Å²) >= 11 is 0. The Morgan fingerprint density at radius 2 is 1.77 bits per heavy atom. The van der Waals surface area contributed by atoms with Crippen molar-refractivity contribution in [3.8, 4) is 0 Å². The minimum Gasteiger partial charge on any atom is -0.480 e. The minimum absolute atomic E-state index is 0.0467. The molecule has 44 heavy (non-hydrogen) atoms. The number of aliphatic hydroxyl groups is 2. The van der Waals surface area contributed by atoms with Crippen LogP contribution in [0.15, 0.2) is 4.99 Å². The van der Waals surface area contributed by atoms with Gasteiger partial charge in [-0.15, -0.1) is 0 Å². The molecule has 0 heterocycles. The Hall–Kier alpha value is -2.40. The van der Waals surface area contributed by atoms with E-state index in [1.165, 1.54) is 0 Å². The van der Waals surface area contributed by atoms with Crippen LogP contribution < -0.4 is 11.1 Å². The molecule has 0 radical (unpaired) electrons. The average molecular weight is 622 g/mol. The average Bonchev–Trinajstić information content (AvgIpc) is 3.28. The quantitative estimate of drug-likeness (QED) is 0.147. The first-order chi connectivity index (χ1) is 20.5. The second-order valence-corrected chi connectivity index (χ2v) is 15.5. The third kappa shape index (κ3) is 7.19. The summed E-state index contributed by atoms with van der Waals surface area (Å²) in [6.45, 7) is 11.5. The van der Waals surface area contributed by atoms with Crippen LogP contribution in [0.25, 0.3) is 0 Å². The van der Waals surface area contributed by atoms with Crippen LogP contribution in [0.1, 0.15) is 99.3 Å². The molecule has 0 aliphatic heterocycles. The Morgan fingerprint density at radius 3 is 2.43 bits per heavy atom. The van der Waals surface area contributed by atoms with Crippen LogP contribution >= 0.6 is 0 Å². The molecule has 4 saturated carbocycles. The third-order valence-electron chi connectivity index (χ3n) is 11.8. The first kappa shape index (κ1) is 34.5. The fourth-order valence-corrected chi connectivity index (χ4v) is 9.77. The first-order valence-corrected chi connectivity index (χ1v) is 16.5. The van der Waals surface area contributed by atoms with E-state index in [1.54, 1.807) is 20.8 Å². The van der Waals surface area contributed by atoms with Gasteiger partial charge in [-0.2, -0.15) is 0 Å². The molecule has 0 spiro atoms. The standard InChI is InChI=1S/C33H55N3O8/c1-18(7-10-26(39)35-17-28(42)44-31(2,3)4)21-8-9-22-29-23(15-25(38)33(21,22)6)32(5)12-11-20(13-19(32)14-24(29)37)43-30(34)36-16-27(40)41/h18-25,29,37-38H,7-17H2,1-6H3,(H2,34,36)(H,35,39)(H,40,41)/t18-,19?,20-,21?,22?,23?,24-,25+,29?,32+,33-/m1/s1. The van der Waals surface area contributed by atoms with Crippen molar-refractivity contribution >= 4 is 23.9 Å². The van der Waals surface area contributed by atoms with Crippen LogP contribution in [-0.2, 0) is 23.9 Å². The maximum absolute atomic E-state index is 12.6. The number of nitrogens with zero attached hydrogens (tertiary/aromatic N) is 1. The lowest BCUT2D eigenvalue weighted by atomic mass is 9.43. The number of hydrogen-bond donors (Lipinski definition) is 5. The van der Waals surface area contributed by atoms with Gasteiger partial charge in [-0.3, -0.25) is 14.4 Å². The molecule has 11 nitrogen and oxygen atoms in total. The van der Waals surface area contributed by atoms with Crippen LogP contribution in [0.5, 0.6) is 0 Å². The highest BCUT2D eigenvalue weighted by Gasteiger charge is 2.65. The highest BCUT2D eigenvalue weighted by molar-refractivity contribution is 5.82. The van der Waals surface area contributed by atoms with Crippen molar-refractivity contribution in [2.24, 2.45) is 57.1 Å². The number of aliphatic carboxylic acids is 1. The van der Waals surface area contributed by atoms with Crippen molar-refractivity contribution in [1.29, 1.82) is 0 Å². The molecule has 6 N–H and O–H groups in total. The van der Waals surface area contributed by atoms with Crippen molar-refractivity contribution in [1.82, 2.24) is 5.32 Å². The highest BCUT2D eigenvalue weighted by atomic mass is 16.6. The lowest BCUT2D eigenvalue weighted by Crippen LogP contribution is -2.62. The number of carboxylic acids is 1. The molecule has 4 aliphatic carbocycles. The number of carboxylic acid groups (broad SMARTS) is 1. The summed E-state index contributed by atoms with van der Waals surface area (Å²) < 4.78 is 11.1. The second kappa shape index (κ2) is 13.1. The van der Waals surface area contributed by atoms with E-state index in [9.17, 15) is 24.6 Å². The predicted octanol–water partition coefficient (Wildman–Crippen LogP) is 3.25. The van der Waals surface area contributed by atoms with Gasteiger partial charge in [0.2, 0.25) is 5.91 Å². The molecular formula is C33H55N3O8. The van der Waals surface area contributed by atoms with Gasteiger partial charge in [0.25, 0.3) is 6.02 Å². The number of nitrogens with two attached hydrogens (primary N) is 1. The smallest absolute Gasteiger partial charge is 0.325 e. The Morgan fingerprint density at radius 1 is 1.07 bits per heavy atom. The molecule has 0 aromatic rings. The number of esters is 1. The number of amides is 1. The Kier molecular flexibility index (Phi) is 10.3. The summed E-state index contributed by atoms with van der Waals surface area (Å²) in [5, 5.41) is 35.1. The van der Waals surface area contributed by atoms with E-state index in [-0.39, 0.29) is 70.9 Å². The number of hydrogen-bond acceptors (Lipinski definition) is 8. The maximum atomic E-state index is 12.6. The summed E-state index contributed by atoms with van der Waals surface area (Å²) in [5.41, 5.74) is 4.86. The van der Waals surface area contributed by atoms with Crippen LogP contribution in [-0.4, -0.2) is 76.2 Å². The number of aliphatic imine (C=N–C) groups is 1. The number of nitrogens with one attached hydrogen (secondary N) is 1. The minimum atomic E-state index is -1.07. The molecule has 0 bridgehead atoms. The summed E-state index contributed by atoms with van der Waals surface area (Å²) in [4.78, 5) is 39.2. The maximum Gasteiger partial charge on any atom is 0.325 e. The van der Waals surface area contributed by atoms with Crippen molar-refractivity contribution in [2.75, 3.05) is 13.1 Å². The number of carbonyl (C=O) groups excluding carboxylic acids is 2. The number of fused-ring (bicyclic) bond motifs is 5. The summed E-state index contributed by atoms with van der Waals surface area (Å²) in [6, 6.07) is -0.106. The van der Waals surface area contributed by atoms with E-state index in [1.807, 2.05) is 0 Å². The second-order valence-electron chi connectivity index (χ2n) is 15.5. The van der Waals surface area contributed by atoms with Crippen LogP contribution in [0.3, 0.4) is 0 Å². The first-order valence-electron chi connectivity index (χ1n) is 16.5. The number of rotatable bonds is 9.